The molecule has 22 heavy (non-hydrogen) atoms. The summed E-state index contributed by atoms with van der Waals surface area (Å²) in [6.45, 7) is 1.46. The summed E-state index contributed by atoms with van der Waals surface area (Å²) in [6, 6.07) is 10.3. The Morgan fingerprint density at radius 3 is 2.77 bits per heavy atom. The van der Waals surface area contributed by atoms with E-state index in [2.05, 4.69) is 61.0 Å². The van der Waals surface area contributed by atoms with E-state index < -0.39 is 0 Å². The highest BCUT2D eigenvalue weighted by molar-refractivity contribution is 9.10. The highest BCUT2D eigenvalue weighted by Crippen LogP contribution is 2.49. The van der Waals surface area contributed by atoms with Crippen LogP contribution in [0.1, 0.15) is 24.1 Å². The van der Waals surface area contributed by atoms with Crippen LogP contribution in [0, 0.1) is 0 Å². The van der Waals surface area contributed by atoms with Crippen LogP contribution < -0.4 is 10.6 Å². The monoisotopic (exact) mass is 362 g/mol. The van der Waals surface area contributed by atoms with E-state index in [0.717, 1.165) is 18.2 Å². The third kappa shape index (κ3) is 3.32. The van der Waals surface area contributed by atoms with Crippen molar-refractivity contribution in [1.29, 1.82) is 0 Å². The molecule has 0 atom stereocenters. The largest absolute Gasteiger partial charge is 0.364 e. The van der Waals surface area contributed by atoms with Gasteiger partial charge in [-0.1, -0.05) is 39.3 Å². The molecule has 0 bridgehead atoms. The van der Waals surface area contributed by atoms with Gasteiger partial charge in [0.05, 0.1) is 6.54 Å². The molecule has 0 amide bonds. The van der Waals surface area contributed by atoms with Gasteiger partial charge in [0, 0.05) is 29.5 Å². The number of hydrogen-bond acceptors (Lipinski definition) is 3. The second kappa shape index (κ2) is 6.52. The first-order valence-electron chi connectivity index (χ1n) is 7.32. The third-order valence-electron chi connectivity index (χ3n) is 4.04. The Morgan fingerprint density at radius 1 is 1.32 bits per heavy atom. The van der Waals surface area contributed by atoms with Crippen molar-refractivity contribution in [3.8, 4) is 0 Å². The Balaban J connectivity index is 1.58. The molecule has 0 saturated heterocycles. The van der Waals surface area contributed by atoms with Crippen LogP contribution in [0.25, 0.3) is 0 Å². The minimum atomic E-state index is 0.214. The van der Waals surface area contributed by atoms with Gasteiger partial charge in [-0.2, -0.15) is 0 Å². The van der Waals surface area contributed by atoms with Gasteiger partial charge in [-0.15, -0.1) is 0 Å². The second-order valence-corrected chi connectivity index (χ2v) is 6.38. The summed E-state index contributed by atoms with van der Waals surface area (Å²) in [5.74, 6) is 0.779. The molecular weight excluding hydrogens is 344 g/mol. The van der Waals surface area contributed by atoms with Crippen LogP contribution in [0.3, 0.4) is 0 Å². The molecule has 1 aliphatic rings. The molecule has 5 nitrogen and oxygen atoms in total. The molecule has 116 valence electrons. The quantitative estimate of drug-likeness (QED) is 0.634. The minimum absolute atomic E-state index is 0.214. The first kappa shape index (κ1) is 15.1. The third-order valence-corrected chi connectivity index (χ3v) is 4.74. The van der Waals surface area contributed by atoms with Crippen molar-refractivity contribution < 1.29 is 4.52 Å². The van der Waals surface area contributed by atoms with Crippen LogP contribution in [-0.2, 0) is 12.0 Å². The van der Waals surface area contributed by atoms with E-state index in [4.69, 9.17) is 4.52 Å². The molecule has 1 saturated carbocycles. The molecule has 2 N–H and O–H groups in total. The molecule has 1 aliphatic carbocycles. The van der Waals surface area contributed by atoms with Crippen molar-refractivity contribution in [2.75, 3.05) is 13.6 Å². The standard InChI is InChI=1S/C16H19BrN4O/c1-18-15(19-10-12-6-9-22-21-12)20-11-16(7-8-16)13-4-2-3-5-14(13)17/h2-6,9H,7-8,10-11H2,1H3,(H2,18,19,20). The molecule has 1 aromatic heterocycles. The molecule has 0 unspecified atom stereocenters. The normalized spacial score (nSPS) is 16.4. The fraction of sp³-hybridized carbons (Fsp3) is 0.375. The number of hydrogen-bond donors (Lipinski definition) is 2. The predicted molar refractivity (Wildman–Crippen MR) is 89.8 cm³/mol. The zero-order chi connectivity index (χ0) is 15.4. The molecule has 1 fully saturated rings. The number of guanidine groups is 1. The van der Waals surface area contributed by atoms with Gasteiger partial charge in [-0.3, -0.25) is 4.99 Å². The molecule has 0 aliphatic heterocycles. The van der Waals surface area contributed by atoms with Gasteiger partial charge in [0.1, 0.15) is 12.0 Å². The van der Waals surface area contributed by atoms with Crippen LogP contribution in [0.15, 0.2) is 50.6 Å². The number of aromatic nitrogens is 1. The Hall–Kier alpha value is -1.82. The van der Waals surface area contributed by atoms with Crippen LogP contribution in [0.2, 0.25) is 0 Å². The Labute approximate surface area is 138 Å². The maximum Gasteiger partial charge on any atom is 0.191 e. The van der Waals surface area contributed by atoms with E-state index in [1.807, 2.05) is 6.07 Å². The summed E-state index contributed by atoms with van der Waals surface area (Å²) in [5, 5.41) is 10.5. The van der Waals surface area contributed by atoms with E-state index in [0.29, 0.717) is 6.54 Å². The van der Waals surface area contributed by atoms with E-state index >= 15 is 0 Å². The Bertz CT molecular complexity index is 650. The zero-order valence-electron chi connectivity index (χ0n) is 12.5. The lowest BCUT2D eigenvalue weighted by Gasteiger charge is -2.20. The molecular formula is C16H19BrN4O. The molecule has 0 spiro atoms. The average Bonchev–Trinajstić information content (AvgIpc) is 3.13. The smallest absolute Gasteiger partial charge is 0.191 e. The Kier molecular flexibility index (Phi) is 4.47. The first-order chi connectivity index (χ1) is 10.7. The number of aliphatic imine (C=N–C) groups is 1. The summed E-state index contributed by atoms with van der Waals surface area (Å²) in [7, 11) is 1.77. The Morgan fingerprint density at radius 2 is 2.14 bits per heavy atom. The van der Waals surface area contributed by atoms with E-state index in [1.165, 1.54) is 22.9 Å². The number of rotatable bonds is 5. The predicted octanol–water partition coefficient (Wildman–Crippen LogP) is 2.83. The van der Waals surface area contributed by atoms with Crippen molar-refractivity contribution in [3.63, 3.8) is 0 Å². The molecule has 1 heterocycles. The fourth-order valence-electron chi connectivity index (χ4n) is 2.56. The van der Waals surface area contributed by atoms with Crippen molar-refractivity contribution in [2.24, 2.45) is 4.99 Å². The van der Waals surface area contributed by atoms with Gasteiger partial charge in [-0.05, 0) is 24.5 Å². The van der Waals surface area contributed by atoms with Gasteiger partial charge >= 0.3 is 0 Å². The summed E-state index contributed by atoms with van der Waals surface area (Å²) in [5.41, 5.74) is 2.44. The van der Waals surface area contributed by atoms with Gasteiger partial charge in [0.25, 0.3) is 0 Å². The maximum atomic E-state index is 4.82. The van der Waals surface area contributed by atoms with Gasteiger partial charge in [0.2, 0.25) is 0 Å². The summed E-state index contributed by atoms with van der Waals surface area (Å²) < 4.78 is 6.00. The van der Waals surface area contributed by atoms with E-state index in [-0.39, 0.29) is 5.41 Å². The number of nitrogens with one attached hydrogen (secondary N) is 2. The van der Waals surface area contributed by atoms with E-state index in [9.17, 15) is 0 Å². The van der Waals surface area contributed by atoms with Crippen molar-refractivity contribution >= 4 is 21.9 Å². The molecule has 0 radical (unpaired) electrons. The SMILES string of the molecule is CN=C(NCc1ccon1)NCC1(c2ccccc2Br)CC1. The number of halogens is 1. The highest BCUT2D eigenvalue weighted by Gasteiger charge is 2.45. The van der Waals surface area contributed by atoms with Gasteiger partial charge in [0.15, 0.2) is 5.96 Å². The lowest BCUT2D eigenvalue weighted by Crippen LogP contribution is -2.41. The maximum absolute atomic E-state index is 4.82. The average molecular weight is 363 g/mol. The fourth-order valence-corrected chi connectivity index (χ4v) is 3.27. The molecule has 3 rings (SSSR count). The lowest BCUT2D eigenvalue weighted by molar-refractivity contribution is 0.410. The number of nitrogens with zero attached hydrogens (tertiary/aromatic N) is 2. The molecule has 6 heteroatoms. The second-order valence-electron chi connectivity index (χ2n) is 5.53. The number of benzene rings is 1. The van der Waals surface area contributed by atoms with Gasteiger partial charge < -0.3 is 15.2 Å². The summed E-state index contributed by atoms with van der Waals surface area (Å²) >= 11 is 3.66. The van der Waals surface area contributed by atoms with E-state index in [1.54, 1.807) is 13.3 Å². The molecule has 1 aromatic carbocycles. The van der Waals surface area contributed by atoms with Crippen LogP contribution >= 0.6 is 15.9 Å². The summed E-state index contributed by atoms with van der Waals surface area (Å²) in [4.78, 5) is 4.26. The zero-order valence-corrected chi connectivity index (χ0v) is 14.1. The van der Waals surface area contributed by atoms with Crippen LogP contribution in [0.5, 0.6) is 0 Å². The van der Waals surface area contributed by atoms with Crippen LogP contribution in [-0.4, -0.2) is 24.7 Å². The highest BCUT2D eigenvalue weighted by atomic mass is 79.9. The first-order valence-corrected chi connectivity index (χ1v) is 8.12. The van der Waals surface area contributed by atoms with Crippen molar-refractivity contribution in [3.05, 3.63) is 52.3 Å². The van der Waals surface area contributed by atoms with Gasteiger partial charge in [-0.25, -0.2) is 0 Å². The molecule has 2 aromatic rings. The topological polar surface area (TPSA) is 62.5 Å². The van der Waals surface area contributed by atoms with Crippen molar-refractivity contribution in [2.45, 2.75) is 24.8 Å². The lowest BCUT2D eigenvalue weighted by atomic mass is 9.96. The summed E-state index contributed by atoms with van der Waals surface area (Å²) in [6.07, 6.45) is 3.96. The van der Waals surface area contributed by atoms with Crippen LogP contribution in [0.4, 0.5) is 0 Å². The minimum Gasteiger partial charge on any atom is -0.364 e. The van der Waals surface area contributed by atoms with Crippen molar-refractivity contribution in [1.82, 2.24) is 15.8 Å².